The van der Waals surface area contributed by atoms with Gasteiger partial charge in [-0.05, 0) is 30.4 Å². The molecular weight excluding hydrogens is 308 g/mol. The summed E-state index contributed by atoms with van der Waals surface area (Å²) in [5.41, 5.74) is 1.14. The summed E-state index contributed by atoms with van der Waals surface area (Å²) in [5, 5.41) is 16.3. The lowest BCUT2D eigenvalue weighted by Crippen LogP contribution is -3.14. The lowest BCUT2D eigenvalue weighted by Gasteiger charge is -2.24. The number of benzene rings is 1. The summed E-state index contributed by atoms with van der Waals surface area (Å²) < 4.78 is 5.32. The van der Waals surface area contributed by atoms with E-state index in [-0.39, 0.29) is 0 Å². The van der Waals surface area contributed by atoms with Gasteiger partial charge in [-0.15, -0.1) is 0 Å². The molecule has 0 amide bonds. The SMILES string of the molecule is N#Cc1ccc(Cl)cc1NC(=S)NCC[NH+]1CCOCC1. The second kappa shape index (κ2) is 8.15. The number of anilines is 1. The largest absolute Gasteiger partial charge is 0.370 e. The number of quaternary nitrogens is 1. The lowest BCUT2D eigenvalue weighted by atomic mass is 10.2. The summed E-state index contributed by atoms with van der Waals surface area (Å²) in [7, 11) is 0. The molecule has 1 aromatic carbocycles. The highest BCUT2D eigenvalue weighted by molar-refractivity contribution is 7.80. The molecule has 5 nitrogen and oxygen atoms in total. The summed E-state index contributed by atoms with van der Waals surface area (Å²) in [6.45, 7) is 5.50. The summed E-state index contributed by atoms with van der Waals surface area (Å²) in [6, 6.07) is 7.16. The van der Waals surface area contributed by atoms with E-state index < -0.39 is 0 Å². The van der Waals surface area contributed by atoms with Gasteiger partial charge in [-0.25, -0.2) is 0 Å². The van der Waals surface area contributed by atoms with Gasteiger partial charge in [0.15, 0.2) is 5.11 Å². The van der Waals surface area contributed by atoms with Crippen LogP contribution in [0.25, 0.3) is 0 Å². The number of ether oxygens (including phenoxy) is 1. The molecule has 0 spiro atoms. The zero-order chi connectivity index (χ0) is 15.1. The highest BCUT2D eigenvalue weighted by atomic mass is 35.5. The fraction of sp³-hybridized carbons (Fsp3) is 0.429. The molecule has 1 aliphatic rings. The number of nitriles is 1. The number of rotatable bonds is 4. The van der Waals surface area contributed by atoms with Gasteiger partial charge in [-0.2, -0.15) is 5.26 Å². The van der Waals surface area contributed by atoms with Crippen molar-refractivity contribution in [2.45, 2.75) is 0 Å². The van der Waals surface area contributed by atoms with Gasteiger partial charge in [0.25, 0.3) is 0 Å². The van der Waals surface area contributed by atoms with Gasteiger partial charge in [0.1, 0.15) is 19.2 Å². The van der Waals surface area contributed by atoms with Gasteiger partial charge in [0.2, 0.25) is 0 Å². The molecule has 1 saturated heterocycles. The molecule has 112 valence electrons. The summed E-state index contributed by atoms with van der Waals surface area (Å²) in [5.74, 6) is 0. The maximum atomic E-state index is 9.06. The molecule has 1 aromatic rings. The molecule has 1 aliphatic heterocycles. The molecule has 7 heteroatoms. The molecule has 0 saturated carbocycles. The lowest BCUT2D eigenvalue weighted by molar-refractivity contribution is -0.906. The molecule has 21 heavy (non-hydrogen) atoms. The molecule has 1 heterocycles. The predicted octanol–water partition coefficient (Wildman–Crippen LogP) is 0.413. The van der Waals surface area contributed by atoms with E-state index in [1.807, 2.05) is 0 Å². The molecule has 1 fully saturated rings. The van der Waals surface area contributed by atoms with E-state index in [1.165, 1.54) is 4.90 Å². The van der Waals surface area contributed by atoms with Crippen LogP contribution in [0.15, 0.2) is 18.2 Å². The van der Waals surface area contributed by atoms with Gasteiger partial charge >= 0.3 is 0 Å². The maximum absolute atomic E-state index is 9.06. The fourth-order valence-corrected chi connectivity index (χ4v) is 2.53. The minimum Gasteiger partial charge on any atom is -0.370 e. The third-order valence-electron chi connectivity index (χ3n) is 3.31. The van der Waals surface area contributed by atoms with Crippen LogP contribution < -0.4 is 15.5 Å². The Labute approximate surface area is 134 Å². The molecule has 0 aliphatic carbocycles. The first-order chi connectivity index (χ1) is 10.2. The zero-order valence-corrected chi connectivity index (χ0v) is 13.2. The number of thiocarbonyl (C=S) groups is 1. The first-order valence-electron chi connectivity index (χ1n) is 6.85. The van der Waals surface area contributed by atoms with Crippen LogP contribution in [-0.2, 0) is 4.74 Å². The first kappa shape index (κ1) is 16.0. The van der Waals surface area contributed by atoms with Crippen LogP contribution in [0.5, 0.6) is 0 Å². The fourth-order valence-electron chi connectivity index (χ4n) is 2.15. The Kier molecular flexibility index (Phi) is 6.21. The van der Waals surface area contributed by atoms with Gasteiger partial charge < -0.3 is 20.3 Å². The Balaban J connectivity index is 1.79. The molecule has 0 atom stereocenters. The van der Waals surface area contributed by atoms with Crippen molar-refractivity contribution in [1.29, 1.82) is 5.26 Å². The minimum absolute atomic E-state index is 0.501. The Morgan fingerprint density at radius 1 is 1.43 bits per heavy atom. The number of hydrogen-bond acceptors (Lipinski definition) is 3. The van der Waals surface area contributed by atoms with Crippen molar-refractivity contribution in [3.63, 3.8) is 0 Å². The maximum Gasteiger partial charge on any atom is 0.171 e. The van der Waals surface area contributed by atoms with E-state index in [2.05, 4.69) is 16.7 Å². The van der Waals surface area contributed by atoms with Crippen molar-refractivity contribution >= 4 is 34.6 Å². The molecule has 3 N–H and O–H groups in total. The topological polar surface area (TPSA) is 61.5 Å². The van der Waals surface area contributed by atoms with Crippen LogP contribution in [0.2, 0.25) is 5.02 Å². The molecule has 0 unspecified atom stereocenters. The second-order valence-corrected chi connectivity index (χ2v) is 5.64. The van der Waals surface area contributed by atoms with Gasteiger partial charge in [0, 0.05) is 5.02 Å². The van der Waals surface area contributed by atoms with Crippen molar-refractivity contribution in [2.24, 2.45) is 0 Å². The molecule has 0 bridgehead atoms. The number of hydrogen-bond donors (Lipinski definition) is 3. The summed E-state index contributed by atoms with van der Waals surface area (Å²) in [6.07, 6.45) is 0. The second-order valence-electron chi connectivity index (χ2n) is 4.79. The Bertz CT molecular complexity index is 540. The van der Waals surface area contributed by atoms with E-state index in [0.717, 1.165) is 39.4 Å². The van der Waals surface area contributed by atoms with E-state index in [9.17, 15) is 0 Å². The van der Waals surface area contributed by atoms with E-state index in [0.29, 0.717) is 21.4 Å². The van der Waals surface area contributed by atoms with Crippen LogP contribution in [0.1, 0.15) is 5.56 Å². The average Bonchev–Trinajstić information content (AvgIpc) is 2.48. The average molecular weight is 326 g/mol. The van der Waals surface area contributed by atoms with E-state index in [4.69, 9.17) is 33.8 Å². The number of halogens is 1. The van der Waals surface area contributed by atoms with Gasteiger partial charge in [-0.1, -0.05) is 11.6 Å². The minimum atomic E-state index is 0.501. The summed E-state index contributed by atoms with van der Waals surface area (Å²) >= 11 is 11.2. The van der Waals surface area contributed by atoms with Crippen LogP contribution in [0.3, 0.4) is 0 Å². The predicted molar refractivity (Wildman–Crippen MR) is 86.8 cm³/mol. The molecule has 0 radical (unpaired) electrons. The number of morpholine rings is 1. The molecule has 2 rings (SSSR count). The molecule has 0 aromatic heterocycles. The van der Waals surface area contributed by atoms with Crippen LogP contribution in [-0.4, -0.2) is 44.5 Å². The van der Waals surface area contributed by atoms with Crippen LogP contribution in [0.4, 0.5) is 5.69 Å². The molecular formula is C14H18ClN4OS+. The highest BCUT2D eigenvalue weighted by Crippen LogP contribution is 2.20. The zero-order valence-electron chi connectivity index (χ0n) is 11.6. The number of nitrogens with zero attached hydrogens (tertiary/aromatic N) is 1. The van der Waals surface area contributed by atoms with Gasteiger partial charge in [0.05, 0.1) is 37.6 Å². The quantitative estimate of drug-likeness (QED) is 0.700. The smallest absolute Gasteiger partial charge is 0.171 e. The third kappa shape index (κ3) is 5.14. The summed E-state index contributed by atoms with van der Waals surface area (Å²) in [4.78, 5) is 1.51. The highest BCUT2D eigenvalue weighted by Gasteiger charge is 2.13. The third-order valence-corrected chi connectivity index (χ3v) is 3.80. The van der Waals surface area contributed by atoms with Crippen molar-refractivity contribution in [3.05, 3.63) is 28.8 Å². The van der Waals surface area contributed by atoms with E-state index in [1.54, 1.807) is 18.2 Å². The van der Waals surface area contributed by atoms with Crippen molar-refractivity contribution < 1.29 is 9.64 Å². The first-order valence-corrected chi connectivity index (χ1v) is 7.63. The Morgan fingerprint density at radius 2 is 2.19 bits per heavy atom. The van der Waals surface area contributed by atoms with E-state index >= 15 is 0 Å². The van der Waals surface area contributed by atoms with Crippen molar-refractivity contribution in [1.82, 2.24) is 5.32 Å². The normalized spacial score (nSPS) is 15.2. The van der Waals surface area contributed by atoms with Crippen LogP contribution in [0, 0.1) is 11.3 Å². The van der Waals surface area contributed by atoms with Crippen LogP contribution >= 0.6 is 23.8 Å². The van der Waals surface area contributed by atoms with Gasteiger partial charge in [-0.3, -0.25) is 0 Å². The Hall–Kier alpha value is -1.39. The Morgan fingerprint density at radius 3 is 2.90 bits per heavy atom. The van der Waals surface area contributed by atoms with Crippen molar-refractivity contribution in [3.8, 4) is 6.07 Å². The number of nitrogens with one attached hydrogen (secondary N) is 3. The van der Waals surface area contributed by atoms with Crippen molar-refractivity contribution in [2.75, 3.05) is 44.7 Å². The standard InChI is InChI=1S/C14H17ClN4OS/c15-12-2-1-11(10-16)13(9-12)18-14(21)17-3-4-19-5-7-20-8-6-19/h1-2,9H,3-8H2,(H2,17,18,21)/p+1. The monoisotopic (exact) mass is 325 g/mol.